The third-order valence-electron chi connectivity index (χ3n) is 8.71. The van der Waals surface area contributed by atoms with Crippen molar-refractivity contribution >= 4 is 29.1 Å². The minimum Gasteiger partial charge on any atom is -0.481 e. The van der Waals surface area contributed by atoms with Crippen LogP contribution in [-0.2, 0) is 17.8 Å². The summed E-state index contributed by atoms with van der Waals surface area (Å²) in [5, 5.41) is 13.4. The average molecular weight is 663 g/mol. The molecule has 2 aromatic carbocycles. The molecule has 2 aliphatic heterocycles. The van der Waals surface area contributed by atoms with Gasteiger partial charge in [0.05, 0.1) is 41.8 Å². The van der Waals surface area contributed by atoms with E-state index in [-0.39, 0.29) is 18.6 Å². The van der Waals surface area contributed by atoms with E-state index in [0.29, 0.717) is 64.1 Å². The first-order chi connectivity index (χ1) is 22.4. The third-order valence-corrected chi connectivity index (χ3v) is 9.53. The zero-order valence-corrected chi connectivity index (χ0v) is 27.4. The Kier molecular flexibility index (Phi) is 10.0. The second kappa shape index (κ2) is 14.3. The van der Waals surface area contributed by atoms with E-state index in [9.17, 15) is 9.90 Å². The largest absolute Gasteiger partial charge is 0.481 e. The number of pyridine rings is 1. The standard InChI is InChI=1S/C35H37Cl2N5O4/c1-45-34-22(19-42-17-21(18-42)20-43)12-14-28(40-34)26-9-4-7-24(32(26)36)25-8-5-10-27(33(25)37)30-16-38-29(35(41-30)46-2)11-3-6-23-13-15-31(44)39-23/h4-5,7-10,12,14,16,21,23,43H,3,6,11,13,15,17-20H2,1-2H3,(H,39,44)/t23-/m1/s1. The minimum atomic E-state index is 0.126. The molecule has 0 bridgehead atoms. The van der Waals surface area contributed by atoms with Crippen molar-refractivity contribution in [2.45, 2.75) is 44.7 Å². The summed E-state index contributed by atoms with van der Waals surface area (Å²) in [5.41, 5.74) is 6.04. The van der Waals surface area contributed by atoms with Crippen LogP contribution in [0, 0.1) is 5.92 Å². The van der Waals surface area contributed by atoms with Gasteiger partial charge in [0.1, 0.15) is 5.69 Å². The topological polar surface area (TPSA) is 110 Å². The van der Waals surface area contributed by atoms with Gasteiger partial charge < -0.3 is 19.9 Å². The van der Waals surface area contributed by atoms with Gasteiger partial charge in [-0.15, -0.1) is 0 Å². The number of ether oxygens (including phenoxy) is 2. The number of nitrogens with zero attached hydrogens (tertiary/aromatic N) is 4. The number of aliphatic hydroxyl groups excluding tert-OH is 1. The molecule has 2 N–H and O–H groups in total. The molecule has 11 heteroatoms. The molecule has 6 rings (SSSR count). The molecule has 0 spiro atoms. The molecule has 2 aromatic heterocycles. The predicted octanol–water partition coefficient (Wildman–Crippen LogP) is 6.22. The fourth-order valence-electron chi connectivity index (χ4n) is 6.23. The fraction of sp³-hybridized carbons (Fsp3) is 0.371. The first-order valence-electron chi connectivity index (χ1n) is 15.5. The van der Waals surface area contributed by atoms with Gasteiger partial charge in [-0.1, -0.05) is 65.7 Å². The highest BCUT2D eigenvalue weighted by Crippen LogP contribution is 2.42. The highest BCUT2D eigenvalue weighted by atomic mass is 35.5. The molecule has 1 amide bonds. The Balaban J connectivity index is 1.23. The second-order valence-electron chi connectivity index (χ2n) is 11.8. The summed E-state index contributed by atoms with van der Waals surface area (Å²) in [4.78, 5) is 28.0. The average Bonchev–Trinajstić information content (AvgIpc) is 3.47. The first kappa shape index (κ1) is 32.2. The molecule has 2 aliphatic rings. The van der Waals surface area contributed by atoms with Gasteiger partial charge in [0, 0.05) is 72.4 Å². The monoisotopic (exact) mass is 661 g/mol. The molecule has 9 nitrogen and oxygen atoms in total. The molecular formula is C35H37Cl2N5O4. The maximum Gasteiger partial charge on any atom is 0.235 e. The number of likely N-dealkylation sites (tertiary alicyclic amines) is 1. The molecule has 0 saturated carbocycles. The number of hydrogen-bond donors (Lipinski definition) is 2. The summed E-state index contributed by atoms with van der Waals surface area (Å²) in [6.07, 6.45) is 5.66. The summed E-state index contributed by atoms with van der Waals surface area (Å²) in [6.45, 7) is 2.64. The SMILES string of the molecule is COc1nc(-c2cccc(-c3cccc(-c4cnc(CCC[C@@H]5CCC(=O)N5)c(OC)n4)c3Cl)c2Cl)ccc1CN1CC(CO)C1. The summed E-state index contributed by atoms with van der Waals surface area (Å²) in [7, 11) is 3.21. The maximum atomic E-state index is 11.5. The van der Waals surface area contributed by atoms with Crippen molar-refractivity contribution in [2.24, 2.45) is 5.92 Å². The molecule has 240 valence electrons. The summed E-state index contributed by atoms with van der Waals surface area (Å²) in [5.74, 6) is 1.47. The number of hydrogen-bond acceptors (Lipinski definition) is 8. The Morgan fingerprint density at radius 2 is 1.57 bits per heavy atom. The van der Waals surface area contributed by atoms with Crippen LogP contribution in [0.25, 0.3) is 33.6 Å². The number of nitrogens with one attached hydrogen (secondary N) is 1. The fourth-order valence-corrected chi connectivity index (χ4v) is 6.88. The van der Waals surface area contributed by atoms with Crippen molar-refractivity contribution in [3.05, 3.63) is 76.0 Å². The number of carbonyl (C=O) groups is 1. The summed E-state index contributed by atoms with van der Waals surface area (Å²) < 4.78 is 11.3. The molecule has 1 atom stereocenters. The van der Waals surface area contributed by atoms with Gasteiger partial charge in [-0.2, -0.15) is 0 Å². The lowest BCUT2D eigenvalue weighted by atomic mass is 9.98. The molecule has 4 heterocycles. The number of halogens is 2. The molecule has 2 saturated heterocycles. The smallest absolute Gasteiger partial charge is 0.235 e. The van der Waals surface area contributed by atoms with E-state index in [4.69, 9.17) is 42.6 Å². The van der Waals surface area contributed by atoms with Crippen molar-refractivity contribution in [3.63, 3.8) is 0 Å². The number of aromatic nitrogens is 3. The molecule has 4 aromatic rings. The van der Waals surface area contributed by atoms with Gasteiger partial charge in [-0.05, 0) is 31.7 Å². The van der Waals surface area contributed by atoms with E-state index < -0.39 is 0 Å². The van der Waals surface area contributed by atoms with Crippen LogP contribution in [0.4, 0.5) is 0 Å². The molecule has 0 radical (unpaired) electrons. The number of aliphatic hydroxyl groups is 1. The predicted molar refractivity (Wildman–Crippen MR) is 179 cm³/mol. The Bertz CT molecular complexity index is 1730. The van der Waals surface area contributed by atoms with Crippen molar-refractivity contribution in [3.8, 4) is 45.4 Å². The Labute approximate surface area is 278 Å². The van der Waals surface area contributed by atoms with Crippen LogP contribution < -0.4 is 14.8 Å². The van der Waals surface area contributed by atoms with Gasteiger partial charge in [-0.25, -0.2) is 9.97 Å². The zero-order chi connectivity index (χ0) is 32.2. The highest BCUT2D eigenvalue weighted by molar-refractivity contribution is 6.39. The van der Waals surface area contributed by atoms with E-state index in [1.54, 1.807) is 20.4 Å². The van der Waals surface area contributed by atoms with Crippen LogP contribution in [0.1, 0.15) is 36.9 Å². The van der Waals surface area contributed by atoms with Gasteiger partial charge in [0.2, 0.25) is 17.7 Å². The van der Waals surface area contributed by atoms with E-state index in [2.05, 4.69) is 15.2 Å². The molecule has 2 fully saturated rings. The number of rotatable bonds is 12. The van der Waals surface area contributed by atoms with Gasteiger partial charge in [0.25, 0.3) is 0 Å². The van der Waals surface area contributed by atoms with E-state index in [0.717, 1.165) is 60.3 Å². The van der Waals surface area contributed by atoms with Crippen molar-refractivity contribution < 1.29 is 19.4 Å². The molecular weight excluding hydrogens is 625 g/mol. The van der Waals surface area contributed by atoms with Crippen LogP contribution in [0.3, 0.4) is 0 Å². The number of benzene rings is 2. The van der Waals surface area contributed by atoms with Crippen molar-refractivity contribution in [1.82, 2.24) is 25.2 Å². The molecule has 0 aliphatic carbocycles. The highest BCUT2D eigenvalue weighted by Gasteiger charge is 2.27. The number of methoxy groups -OCH3 is 2. The Morgan fingerprint density at radius 3 is 2.20 bits per heavy atom. The number of carbonyl (C=O) groups excluding carboxylic acids is 1. The number of amides is 1. The maximum absolute atomic E-state index is 11.5. The second-order valence-corrected chi connectivity index (χ2v) is 12.6. The Morgan fingerprint density at radius 1 is 0.913 bits per heavy atom. The molecule has 46 heavy (non-hydrogen) atoms. The third kappa shape index (κ3) is 6.83. The number of aryl methyl sites for hydroxylation is 1. The quantitative estimate of drug-likeness (QED) is 0.184. The van der Waals surface area contributed by atoms with Crippen LogP contribution in [-0.4, -0.2) is 70.8 Å². The summed E-state index contributed by atoms with van der Waals surface area (Å²) >= 11 is 14.1. The van der Waals surface area contributed by atoms with Crippen LogP contribution in [0.2, 0.25) is 10.0 Å². The van der Waals surface area contributed by atoms with Gasteiger partial charge in [0.15, 0.2) is 0 Å². The Hall–Kier alpha value is -3.76. The van der Waals surface area contributed by atoms with E-state index in [1.807, 2.05) is 48.5 Å². The van der Waals surface area contributed by atoms with Gasteiger partial charge in [-0.3, -0.25) is 14.7 Å². The normalized spacial score (nSPS) is 16.7. The molecule has 0 unspecified atom stereocenters. The lowest BCUT2D eigenvalue weighted by Gasteiger charge is -2.38. The van der Waals surface area contributed by atoms with E-state index in [1.165, 1.54) is 0 Å². The minimum absolute atomic E-state index is 0.126. The lowest BCUT2D eigenvalue weighted by molar-refractivity contribution is -0.119. The van der Waals surface area contributed by atoms with E-state index >= 15 is 0 Å². The van der Waals surface area contributed by atoms with Crippen LogP contribution in [0.15, 0.2) is 54.7 Å². The van der Waals surface area contributed by atoms with Gasteiger partial charge >= 0.3 is 0 Å². The van der Waals surface area contributed by atoms with Crippen molar-refractivity contribution in [2.75, 3.05) is 33.9 Å². The first-order valence-corrected chi connectivity index (χ1v) is 16.3. The lowest BCUT2D eigenvalue weighted by Crippen LogP contribution is -2.47. The van der Waals surface area contributed by atoms with Crippen molar-refractivity contribution in [1.29, 1.82) is 0 Å². The zero-order valence-electron chi connectivity index (χ0n) is 25.9. The van der Waals surface area contributed by atoms with Crippen LogP contribution in [0.5, 0.6) is 11.8 Å². The summed E-state index contributed by atoms with van der Waals surface area (Å²) in [6, 6.07) is 15.8. The van der Waals surface area contributed by atoms with Crippen LogP contribution >= 0.6 is 23.2 Å².